The summed E-state index contributed by atoms with van der Waals surface area (Å²) in [6.07, 6.45) is 0.459. The molecule has 1 rings (SSSR count). The largest absolute Gasteiger partial charge is 0.480 e. The molecule has 1 aromatic heterocycles. The maximum atomic E-state index is 12.1. The number of likely N-dealkylation sites (N-methyl/N-ethyl adjacent to an activating group) is 2. The van der Waals surface area contributed by atoms with E-state index in [-0.39, 0.29) is 12.5 Å². The van der Waals surface area contributed by atoms with Gasteiger partial charge in [-0.2, -0.15) is 0 Å². The lowest BCUT2D eigenvalue weighted by atomic mass is 10.2. The maximum Gasteiger partial charge on any atom is 0.320 e. The number of amides is 1. The molecule has 112 valence electrons. The molecule has 0 aromatic carbocycles. The molecule has 1 unspecified atom stereocenters. The van der Waals surface area contributed by atoms with Gasteiger partial charge >= 0.3 is 5.97 Å². The fraction of sp³-hybridized carbons (Fsp3) is 0.571. The average molecular weight is 282 g/mol. The number of hydrogen-bond donors (Lipinski definition) is 1. The molecule has 1 aromatic rings. The Kier molecular flexibility index (Phi) is 5.76. The Morgan fingerprint density at radius 3 is 2.45 bits per heavy atom. The Balaban J connectivity index is 2.54. The lowest BCUT2D eigenvalue weighted by molar-refractivity contribution is -0.144. The van der Waals surface area contributed by atoms with Gasteiger partial charge in [0.15, 0.2) is 0 Å². The highest BCUT2D eigenvalue weighted by Gasteiger charge is 2.23. The Hall–Kier alpha value is -1.82. The summed E-state index contributed by atoms with van der Waals surface area (Å²) in [7, 11) is 3.32. The minimum Gasteiger partial charge on any atom is -0.480 e. The number of carboxylic acid groups (broad SMARTS) is 1. The summed E-state index contributed by atoms with van der Waals surface area (Å²) in [4.78, 5) is 26.2. The number of carboxylic acids is 1. The van der Waals surface area contributed by atoms with Crippen LogP contribution in [0.4, 0.5) is 0 Å². The number of rotatable bonds is 7. The van der Waals surface area contributed by atoms with E-state index >= 15 is 0 Å². The van der Waals surface area contributed by atoms with E-state index in [1.807, 2.05) is 19.1 Å². The summed E-state index contributed by atoms with van der Waals surface area (Å²) in [6.45, 7) is 4.08. The molecule has 1 N–H and O–H groups in total. The van der Waals surface area contributed by atoms with Gasteiger partial charge in [-0.25, -0.2) is 0 Å². The summed E-state index contributed by atoms with van der Waals surface area (Å²) in [6, 6.07) is 3.03. The Morgan fingerprint density at radius 1 is 1.35 bits per heavy atom. The smallest absolute Gasteiger partial charge is 0.320 e. The second-order valence-corrected chi connectivity index (χ2v) is 4.94. The first-order valence-electron chi connectivity index (χ1n) is 6.57. The van der Waals surface area contributed by atoms with Crippen molar-refractivity contribution in [3.05, 3.63) is 23.7 Å². The van der Waals surface area contributed by atoms with Gasteiger partial charge in [0.05, 0.1) is 13.1 Å². The number of aliphatic carboxylic acids is 1. The minimum atomic E-state index is -0.910. The van der Waals surface area contributed by atoms with Crippen molar-refractivity contribution in [1.82, 2.24) is 9.80 Å². The van der Waals surface area contributed by atoms with Crippen LogP contribution in [0.1, 0.15) is 24.9 Å². The monoisotopic (exact) mass is 282 g/mol. The molecule has 1 atom stereocenters. The van der Waals surface area contributed by atoms with Gasteiger partial charge in [0.25, 0.3) is 0 Å². The second kappa shape index (κ2) is 7.09. The number of carbonyl (C=O) groups excluding carboxylic acids is 1. The Bertz CT molecular complexity index is 469. The third-order valence-electron chi connectivity index (χ3n) is 3.20. The quantitative estimate of drug-likeness (QED) is 0.817. The number of carbonyl (C=O) groups is 2. The molecular formula is C14H22N2O4. The molecule has 0 aliphatic rings. The molecule has 0 spiro atoms. The van der Waals surface area contributed by atoms with Crippen LogP contribution in [-0.2, 0) is 16.1 Å². The van der Waals surface area contributed by atoms with Crippen LogP contribution >= 0.6 is 0 Å². The molecule has 20 heavy (non-hydrogen) atoms. The highest BCUT2D eigenvalue weighted by Crippen LogP contribution is 2.09. The van der Waals surface area contributed by atoms with Gasteiger partial charge in [-0.1, -0.05) is 6.92 Å². The highest BCUT2D eigenvalue weighted by atomic mass is 16.4. The van der Waals surface area contributed by atoms with Crippen molar-refractivity contribution in [2.75, 3.05) is 20.6 Å². The highest BCUT2D eigenvalue weighted by molar-refractivity contribution is 5.79. The van der Waals surface area contributed by atoms with Gasteiger partial charge < -0.3 is 14.4 Å². The summed E-state index contributed by atoms with van der Waals surface area (Å²) in [5.74, 6) is 0.467. The van der Waals surface area contributed by atoms with E-state index in [1.165, 1.54) is 4.90 Å². The molecule has 0 radical (unpaired) electrons. The van der Waals surface area contributed by atoms with Crippen molar-refractivity contribution in [2.45, 2.75) is 32.9 Å². The third kappa shape index (κ3) is 4.38. The molecular weight excluding hydrogens is 260 g/mol. The zero-order valence-electron chi connectivity index (χ0n) is 12.4. The topological polar surface area (TPSA) is 74.0 Å². The fourth-order valence-electron chi connectivity index (χ4n) is 2.01. The van der Waals surface area contributed by atoms with Crippen LogP contribution in [-0.4, -0.2) is 53.5 Å². The molecule has 0 fully saturated rings. The van der Waals surface area contributed by atoms with Crippen LogP contribution in [0.2, 0.25) is 0 Å². The summed E-state index contributed by atoms with van der Waals surface area (Å²) in [5.41, 5.74) is 0. The van der Waals surface area contributed by atoms with Crippen molar-refractivity contribution in [3.63, 3.8) is 0 Å². The first kappa shape index (κ1) is 16.2. The standard InChI is InChI=1S/C14H22N2O4/c1-5-12(14(18)19)15(3)9-13(17)16(4)8-11-7-6-10(2)20-11/h6-7,12H,5,8-9H2,1-4H3,(H,18,19). The van der Waals surface area contributed by atoms with Crippen molar-refractivity contribution in [1.29, 1.82) is 0 Å². The van der Waals surface area contributed by atoms with Crippen LogP contribution in [0, 0.1) is 6.92 Å². The van der Waals surface area contributed by atoms with Gasteiger partial charge in [0, 0.05) is 7.05 Å². The Labute approximate surface area is 119 Å². The molecule has 0 saturated carbocycles. The van der Waals surface area contributed by atoms with E-state index in [4.69, 9.17) is 9.52 Å². The van der Waals surface area contributed by atoms with Gasteiger partial charge in [-0.3, -0.25) is 14.5 Å². The molecule has 0 aliphatic carbocycles. The third-order valence-corrected chi connectivity index (χ3v) is 3.20. The minimum absolute atomic E-state index is 0.0704. The van der Waals surface area contributed by atoms with Crippen molar-refractivity contribution >= 4 is 11.9 Å². The Morgan fingerprint density at radius 2 is 2.00 bits per heavy atom. The van der Waals surface area contributed by atoms with Crippen LogP contribution < -0.4 is 0 Å². The second-order valence-electron chi connectivity index (χ2n) is 4.94. The molecule has 0 bridgehead atoms. The lowest BCUT2D eigenvalue weighted by Crippen LogP contribution is -2.44. The molecule has 1 heterocycles. The molecule has 0 saturated heterocycles. The number of hydrogen-bond acceptors (Lipinski definition) is 4. The fourth-order valence-corrected chi connectivity index (χ4v) is 2.01. The van der Waals surface area contributed by atoms with E-state index < -0.39 is 12.0 Å². The van der Waals surface area contributed by atoms with Gasteiger partial charge in [-0.05, 0) is 32.5 Å². The maximum absolute atomic E-state index is 12.1. The van der Waals surface area contributed by atoms with Crippen LogP contribution in [0.5, 0.6) is 0 Å². The van der Waals surface area contributed by atoms with Gasteiger partial charge in [0.1, 0.15) is 17.6 Å². The van der Waals surface area contributed by atoms with E-state index in [2.05, 4.69) is 0 Å². The predicted molar refractivity (Wildman–Crippen MR) is 74.3 cm³/mol. The van der Waals surface area contributed by atoms with Crippen LogP contribution in [0.15, 0.2) is 16.5 Å². The number of aryl methyl sites for hydroxylation is 1. The summed E-state index contributed by atoms with van der Waals surface area (Å²) in [5, 5.41) is 9.05. The first-order valence-corrected chi connectivity index (χ1v) is 6.57. The van der Waals surface area contributed by atoms with Crippen molar-refractivity contribution in [3.8, 4) is 0 Å². The SMILES string of the molecule is CCC(C(=O)O)N(C)CC(=O)N(C)Cc1ccc(C)o1. The summed E-state index contributed by atoms with van der Waals surface area (Å²) >= 11 is 0. The van der Waals surface area contributed by atoms with Gasteiger partial charge in [-0.15, -0.1) is 0 Å². The van der Waals surface area contributed by atoms with Crippen LogP contribution in [0.3, 0.4) is 0 Å². The first-order chi connectivity index (χ1) is 9.35. The number of nitrogens with zero attached hydrogens (tertiary/aromatic N) is 2. The molecule has 0 aliphatic heterocycles. The van der Waals surface area contributed by atoms with E-state index in [0.717, 1.165) is 5.76 Å². The van der Waals surface area contributed by atoms with Crippen molar-refractivity contribution in [2.24, 2.45) is 0 Å². The molecule has 1 amide bonds. The zero-order chi connectivity index (χ0) is 15.3. The average Bonchev–Trinajstić information content (AvgIpc) is 2.74. The van der Waals surface area contributed by atoms with E-state index in [1.54, 1.807) is 25.9 Å². The van der Waals surface area contributed by atoms with Crippen molar-refractivity contribution < 1.29 is 19.1 Å². The zero-order valence-corrected chi connectivity index (χ0v) is 12.4. The number of furan rings is 1. The normalized spacial score (nSPS) is 12.4. The molecule has 6 heteroatoms. The van der Waals surface area contributed by atoms with Gasteiger partial charge in [0.2, 0.25) is 5.91 Å². The van der Waals surface area contributed by atoms with Crippen LogP contribution in [0.25, 0.3) is 0 Å². The predicted octanol–water partition coefficient (Wildman–Crippen LogP) is 1.34. The lowest BCUT2D eigenvalue weighted by Gasteiger charge is -2.25. The molecule has 6 nitrogen and oxygen atoms in total. The van der Waals surface area contributed by atoms with E-state index in [0.29, 0.717) is 18.7 Å². The summed E-state index contributed by atoms with van der Waals surface area (Å²) < 4.78 is 5.41. The van der Waals surface area contributed by atoms with E-state index in [9.17, 15) is 9.59 Å².